The van der Waals surface area contributed by atoms with E-state index in [0.717, 1.165) is 22.9 Å². The summed E-state index contributed by atoms with van der Waals surface area (Å²) in [6.07, 6.45) is 0.788. The minimum Gasteiger partial charge on any atom is -0.507 e. The molecule has 0 heterocycles. The van der Waals surface area contributed by atoms with Gasteiger partial charge in [0.15, 0.2) is 0 Å². The Kier molecular flexibility index (Phi) is 5.60. The first kappa shape index (κ1) is 19.0. The minimum atomic E-state index is -0.527. The van der Waals surface area contributed by atoms with E-state index in [-0.39, 0.29) is 5.75 Å². The summed E-state index contributed by atoms with van der Waals surface area (Å²) in [6, 6.07) is 18.2. The van der Waals surface area contributed by atoms with Crippen LogP contribution in [0, 0.1) is 13.8 Å². The van der Waals surface area contributed by atoms with Gasteiger partial charge in [-0.25, -0.2) is 0 Å². The number of benzene rings is 3. The Balaban J connectivity index is 1.89. The Morgan fingerprint density at radius 1 is 1.04 bits per heavy atom. The van der Waals surface area contributed by atoms with Crippen LogP contribution in [0.3, 0.4) is 0 Å². The molecule has 0 aromatic heterocycles. The number of phenols is 1. The van der Waals surface area contributed by atoms with Crippen LogP contribution >= 0.6 is 0 Å². The monoisotopic (exact) mass is 376 g/mol. The van der Waals surface area contributed by atoms with E-state index in [9.17, 15) is 9.90 Å². The van der Waals surface area contributed by atoms with Gasteiger partial charge < -0.3 is 20.4 Å². The van der Waals surface area contributed by atoms with Gasteiger partial charge in [0.2, 0.25) is 0 Å². The van der Waals surface area contributed by atoms with Crippen molar-refractivity contribution in [1.29, 1.82) is 0 Å². The molecular weight excluding hydrogens is 356 g/mol. The number of oxime groups is 1. The lowest BCUT2D eigenvalue weighted by molar-refractivity contribution is -0.110. The predicted molar refractivity (Wildman–Crippen MR) is 108 cm³/mol. The molecule has 0 aliphatic rings. The molecule has 0 unspecified atom stereocenters. The third kappa shape index (κ3) is 4.29. The van der Waals surface area contributed by atoms with E-state index in [4.69, 9.17) is 9.94 Å². The topological polar surface area (TPSA) is 91.2 Å². The molecule has 0 saturated carbocycles. The van der Waals surface area contributed by atoms with Gasteiger partial charge in [-0.2, -0.15) is 0 Å². The third-order valence-electron chi connectivity index (χ3n) is 4.18. The highest BCUT2D eigenvalue weighted by atomic mass is 16.5. The first-order valence-electron chi connectivity index (χ1n) is 8.64. The summed E-state index contributed by atoms with van der Waals surface area (Å²) in [7, 11) is 0. The highest BCUT2D eigenvalue weighted by Crippen LogP contribution is 2.36. The highest BCUT2D eigenvalue weighted by Gasteiger charge is 2.11. The highest BCUT2D eigenvalue weighted by molar-refractivity contribution is 6.31. The van der Waals surface area contributed by atoms with Crippen LogP contribution in [0.15, 0.2) is 65.8 Å². The van der Waals surface area contributed by atoms with Crippen LogP contribution < -0.4 is 10.1 Å². The van der Waals surface area contributed by atoms with Crippen molar-refractivity contribution in [2.24, 2.45) is 5.16 Å². The van der Waals surface area contributed by atoms with Crippen LogP contribution in [0.4, 0.5) is 5.69 Å². The number of rotatable bonds is 5. The molecule has 0 bridgehead atoms. The Bertz CT molecular complexity index is 1010. The number of aromatic hydroxyl groups is 1. The number of nitrogens with zero attached hydrogens (tertiary/aromatic N) is 1. The molecule has 0 radical (unpaired) electrons. The van der Waals surface area contributed by atoms with Crippen LogP contribution in [0.25, 0.3) is 11.1 Å². The maximum Gasteiger partial charge on any atom is 0.270 e. The van der Waals surface area contributed by atoms with Crippen molar-refractivity contribution in [1.82, 2.24) is 0 Å². The summed E-state index contributed by atoms with van der Waals surface area (Å²) in [6.45, 7) is 3.74. The van der Waals surface area contributed by atoms with Crippen molar-refractivity contribution >= 4 is 17.8 Å². The lowest BCUT2D eigenvalue weighted by Gasteiger charge is -2.15. The summed E-state index contributed by atoms with van der Waals surface area (Å²) < 4.78 is 6.07. The van der Waals surface area contributed by atoms with Crippen molar-refractivity contribution in [3.05, 3.63) is 71.8 Å². The van der Waals surface area contributed by atoms with E-state index in [1.54, 1.807) is 30.3 Å². The number of carbonyl (C=O) groups excluding carboxylic acids is 1. The fraction of sp³-hybridized carbons (Fsp3) is 0.0909. The fourth-order valence-corrected chi connectivity index (χ4v) is 2.96. The molecule has 3 aromatic carbocycles. The molecule has 0 saturated heterocycles. The number of carbonyl (C=O) groups is 1. The number of amides is 1. The van der Waals surface area contributed by atoms with Crippen LogP contribution in [0.2, 0.25) is 0 Å². The predicted octanol–water partition coefficient (Wildman–Crippen LogP) is 4.87. The van der Waals surface area contributed by atoms with Crippen molar-refractivity contribution in [2.45, 2.75) is 13.8 Å². The quantitative estimate of drug-likeness (QED) is 0.337. The number of hydrogen-bond donors (Lipinski definition) is 3. The van der Waals surface area contributed by atoms with Gasteiger partial charge in [0.25, 0.3) is 5.91 Å². The SMILES string of the molecule is Cc1cc(NC(=O)/C=N/O)cc(C)c1Oc1ccc(O)c(-c2ccccc2)c1. The molecule has 3 rings (SSSR count). The first-order chi connectivity index (χ1) is 13.5. The van der Waals surface area contributed by atoms with Crippen molar-refractivity contribution in [2.75, 3.05) is 5.32 Å². The smallest absolute Gasteiger partial charge is 0.270 e. The van der Waals surface area contributed by atoms with E-state index >= 15 is 0 Å². The molecule has 3 N–H and O–H groups in total. The number of ether oxygens (including phenoxy) is 1. The van der Waals surface area contributed by atoms with E-state index in [2.05, 4.69) is 10.5 Å². The summed E-state index contributed by atoms with van der Waals surface area (Å²) in [4.78, 5) is 11.5. The first-order valence-corrected chi connectivity index (χ1v) is 8.64. The second kappa shape index (κ2) is 8.26. The number of aryl methyl sites for hydroxylation is 2. The van der Waals surface area contributed by atoms with E-state index < -0.39 is 5.91 Å². The molecule has 0 spiro atoms. The zero-order valence-corrected chi connectivity index (χ0v) is 15.5. The molecule has 0 aliphatic carbocycles. The molecule has 28 heavy (non-hydrogen) atoms. The van der Waals surface area contributed by atoms with Crippen molar-refractivity contribution in [3.8, 4) is 28.4 Å². The number of anilines is 1. The number of nitrogens with one attached hydrogen (secondary N) is 1. The number of phenolic OH excluding ortho intramolecular Hbond substituents is 1. The molecular formula is C22H20N2O4. The largest absolute Gasteiger partial charge is 0.507 e. The molecule has 0 atom stereocenters. The van der Waals surface area contributed by atoms with Crippen LogP contribution in [0.5, 0.6) is 17.2 Å². The number of hydrogen-bond acceptors (Lipinski definition) is 5. The Hall–Kier alpha value is -3.80. The van der Waals surface area contributed by atoms with Gasteiger partial charge in [0.05, 0.1) is 0 Å². The molecule has 3 aromatic rings. The van der Waals surface area contributed by atoms with Gasteiger partial charge in [-0.05, 0) is 60.9 Å². The molecule has 142 valence electrons. The van der Waals surface area contributed by atoms with Gasteiger partial charge in [0.1, 0.15) is 23.5 Å². The lowest BCUT2D eigenvalue weighted by atomic mass is 10.0. The van der Waals surface area contributed by atoms with Gasteiger partial charge in [0, 0.05) is 11.3 Å². The summed E-state index contributed by atoms with van der Waals surface area (Å²) in [5.41, 5.74) is 3.79. The third-order valence-corrected chi connectivity index (χ3v) is 4.18. The zero-order valence-electron chi connectivity index (χ0n) is 15.5. The minimum absolute atomic E-state index is 0.176. The second-order valence-electron chi connectivity index (χ2n) is 6.32. The van der Waals surface area contributed by atoms with Crippen LogP contribution in [-0.2, 0) is 4.79 Å². The average molecular weight is 376 g/mol. The second-order valence-corrected chi connectivity index (χ2v) is 6.32. The van der Waals surface area contributed by atoms with Gasteiger partial charge in [-0.3, -0.25) is 4.79 Å². The Morgan fingerprint density at radius 3 is 2.36 bits per heavy atom. The maximum absolute atomic E-state index is 11.5. The summed E-state index contributed by atoms with van der Waals surface area (Å²) in [5, 5.41) is 24.0. The summed E-state index contributed by atoms with van der Waals surface area (Å²) in [5.74, 6) is 0.905. The van der Waals surface area contributed by atoms with E-state index in [1.165, 1.54) is 0 Å². The van der Waals surface area contributed by atoms with E-state index in [1.807, 2.05) is 44.2 Å². The molecule has 6 nitrogen and oxygen atoms in total. The molecule has 1 amide bonds. The normalized spacial score (nSPS) is 10.8. The van der Waals surface area contributed by atoms with E-state index in [0.29, 0.717) is 22.7 Å². The van der Waals surface area contributed by atoms with Crippen LogP contribution in [-0.4, -0.2) is 22.4 Å². The van der Waals surface area contributed by atoms with Gasteiger partial charge >= 0.3 is 0 Å². The zero-order chi connectivity index (χ0) is 20.1. The fourth-order valence-electron chi connectivity index (χ4n) is 2.96. The molecule has 0 fully saturated rings. The Morgan fingerprint density at radius 2 is 1.71 bits per heavy atom. The molecule has 6 heteroatoms. The van der Waals surface area contributed by atoms with Crippen molar-refractivity contribution < 1.29 is 19.8 Å². The van der Waals surface area contributed by atoms with Gasteiger partial charge in [-0.15, -0.1) is 0 Å². The molecule has 0 aliphatic heterocycles. The van der Waals surface area contributed by atoms with Crippen molar-refractivity contribution in [3.63, 3.8) is 0 Å². The maximum atomic E-state index is 11.5. The van der Waals surface area contributed by atoms with Gasteiger partial charge in [-0.1, -0.05) is 35.5 Å². The van der Waals surface area contributed by atoms with Crippen LogP contribution in [0.1, 0.15) is 11.1 Å². The summed E-state index contributed by atoms with van der Waals surface area (Å²) >= 11 is 0. The average Bonchev–Trinajstić information content (AvgIpc) is 2.67. The Labute approximate surface area is 162 Å². The lowest BCUT2D eigenvalue weighted by Crippen LogP contribution is -2.12. The standard InChI is InChI=1S/C22H20N2O4/c1-14-10-17(24-21(26)13-23-27)11-15(2)22(14)28-18-8-9-20(25)19(12-18)16-6-4-3-5-7-16/h3-13,25,27H,1-2H3,(H,24,26)/b23-13+.